The number of pyridine rings is 1. The lowest BCUT2D eigenvalue weighted by Gasteiger charge is -2.22. The molecular formula is C16H17N3O3. The molecule has 0 spiro atoms. The topological polar surface area (TPSA) is 105 Å². The molecule has 0 aliphatic rings. The molecular weight excluding hydrogens is 282 g/mol. The molecule has 0 radical (unpaired) electrons. The molecule has 0 fully saturated rings. The zero-order valence-corrected chi connectivity index (χ0v) is 11.8. The summed E-state index contributed by atoms with van der Waals surface area (Å²) in [7, 11) is 0. The van der Waals surface area contributed by atoms with Crippen LogP contribution in [0.3, 0.4) is 0 Å². The number of hydrogen-bond donors (Lipinski definition) is 3. The number of carbonyl (C=O) groups is 2. The largest absolute Gasteiger partial charge is 0.480 e. The van der Waals surface area contributed by atoms with Gasteiger partial charge in [0.25, 0.3) is 0 Å². The van der Waals surface area contributed by atoms with Gasteiger partial charge in [-0.15, -0.1) is 0 Å². The molecule has 0 aliphatic carbocycles. The van der Waals surface area contributed by atoms with E-state index >= 15 is 0 Å². The van der Waals surface area contributed by atoms with Gasteiger partial charge in [-0.1, -0.05) is 36.4 Å². The molecule has 0 bridgehead atoms. The first-order valence-electron chi connectivity index (χ1n) is 6.79. The van der Waals surface area contributed by atoms with Crippen LogP contribution in [0.1, 0.15) is 17.2 Å². The number of hydrogen-bond acceptors (Lipinski definition) is 4. The number of rotatable bonds is 6. The van der Waals surface area contributed by atoms with Gasteiger partial charge >= 0.3 is 5.97 Å². The highest BCUT2D eigenvalue weighted by atomic mass is 16.4. The van der Waals surface area contributed by atoms with Crippen molar-refractivity contribution in [3.63, 3.8) is 0 Å². The lowest BCUT2D eigenvalue weighted by Crippen LogP contribution is -2.46. The molecule has 114 valence electrons. The standard InChI is InChI=1S/C16H17N3O3/c17-14(16(21)22)15(12-7-4-8-18-10-12)19-13(20)9-11-5-2-1-3-6-11/h1-8,10,14-15H,9,17H2,(H,19,20)(H,21,22)/t14?,15-/m0/s1. The number of nitrogens with two attached hydrogens (primary N) is 1. The zero-order valence-electron chi connectivity index (χ0n) is 11.8. The summed E-state index contributed by atoms with van der Waals surface area (Å²) in [4.78, 5) is 27.2. The Morgan fingerprint density at radius 3 is 2.50 bits per heavy atom. The number of carbonyl (C=O) groups excluding carboxylic acids is 1. The van der Waals surface area contributed by atoms with Gasteiger partial charge in [-0.3, -0.25) is 14.6 Å². The van der Waals surface area contributed by atoms with Crippen LogP contribution in [0.4, 0.5) is 0 Å². The average molecular weight is 299 g/mol. The van der Waals surface area contributed by atoms with E-state index in [-0.39, 0.29) is 12.3 Å². The Kier molecular flexibility index (Phi) is 5.21. The maximum absolute atomic E-state index is 12.1. The number of amides is 1. The molecule has 1 aromatic carbocycles. The van der Waals surface area contributed by atoms with Crippen LogP contribution in [0, 0.1) is 0 Å². The van der Waals surface area contributed by atoms with Crippen molar-refractivity contribution in [3.8, 4) is 0 Å². The van der Waals surface area contributed by atoms with Gasteiger partial charge in [-0.2, -0.15) is 0 Å². The molecule has 2 atom stereocenters. The molecule has 1 heterocycles. The fraction of sp³-hybridized carbons (Fsp3) is 0.188. The summed E-state index contributed by atoms with van der Waals surface area (Å²) in [6, 6.07) is 10.5. The molecule has 6 heteroatoms. The van der Waals surface area contributed by atoms with Gasteiger partial charge in [-0.25, -0.2) is 0 Å². The minimum Gasteiger partial charge on any atom is -0.480 e. The summed E-state index contributed by atoms with van der Waals surface area (Å²) in [6.45, 7) is 0. The van der Waals surface area contributed by atoms with Crippen molar-refractivity contribution in [2.24, 2.45) is 5.73 Å². The zero-order chi connectivity index (χ0) is 15.9. The fourth-order valence-corrected chi connectivity index (χ4v) is 2.09. The second-order valence-electron chi connectivity index (χ2n) is 4.86. The van der Waals surface area contributed by atoms with Crippen molar-refractivity contribution < 1.29 is 14.7 Å². The number of benzene rings is 1. The summed E-state index contributed by atoms with van der Waals surface area (Å²) in [5.74, 6) is -1.48. The molecule has 2 aromatic rings. The third kappa shape index (κ3) is 4.13. The van der Waals surface area contributed by atoms with Crippen molar-refractivity contribution >= 4 is 11.9 Å². The first-order chi connectivity index (χ1) is 10.6. The Morgan fingerprint density at radius 2 is 1.91 bits per heavy atom. The minimum atomic E-state index is -1.25. The van der Waals surface area contributed by atoms with Crippen molar-refractivity contribution in [1.29, 1.82) is 0 Å². The Bertz CT molecular complexity index is 632. The van der Waals surface area contributed by atoms with Crippen molar-refractivity contribution in [2.45, 2.75) is 18.5 Å². The van der Waals surface area contributed by atoms with Crippen LogP contribution in [0.2, 0.25) is 0 Å². The Morgan fingerprint density at radius 1 is 1.18 bits per heavy atom. The molecule has 1 aromatic heterocycles. The predicted molar refractivity (Wildman–Crippen MR) is 80.9 cm³/mol. The van der Waals surface area contributed by atoms with Crippen LogP contribution >= 0.6 is 0 Å². The van der Waals surface area contributed by atoms with Gasteiger partial charge in [0.05, 0.1) is 12.5 Å². The first-order valence-corrected chi connectivity index (χ1v) is 6.79. The maximum Gasteiger partial charge on any atom is 0.322 e. The van der Waals surface area contributed by atoms with Crippen LogP contribution in [0.5, 0.6) is 0 Å². The van der Waals surface area contributed by atoms with E-state index in [1.54, 1.807) is 18.3 Å². The maximum atomic E-state index is 12.1. The molecule has 4 N–H and O–H groups in total. The normalized spacial score (nSPS) is 13.1. The number of nitrogens with one attached hydrogen (secondary N) is 1. The van der Waals surface area contributed by atoms with Gasteiger partial charge in [0, 0.05) is 12.4 Å². The molecule has 22 heavy (non-hydrogen) atoms. The molecule has 0 aliphatic heterocycles. The summed E-state index contributed by atoms with van der Waals surface area (Å²) in [5.41, 5.74) is 7.09. The van der Waals surface area contributed by atoms with E-state index in [0.717, 1.165) is 5.56 Å². The quantitative estimate of drug-likeness (QED) is 0.734. The second kappa shape index (κ2) is 7.33. The van der Waals surface area contributed by atoms with Gasteiger partial charge in [0.2, 0.25) is 5.91 Å². The SMILES string of the molecule is NC(C(=O)O)[C@@H](NC(=O)Cc1ccccc1)c1cccnc1. The molecule has 2 rings (SSSR count). The fourth-order valence-electron chi connectivity index (χ4n) is 2.09. The third-order valence-electron chi connectivity index (χ3n) is 3.21. The van der Waals surface area contributed by atoms with Gasteiger partial charge in [0.15, 0.2) is 0 Å². The summed E-state index contributed by atoms with van der Waals surface area (Å²) in [5, 5.41) is 11.8. The Labute approximate surface area is 128 Å². The number of aliphatic carboxylic acids is 1. The van der Waals surface area contributed by atoms with Crippen LogP contribution in [-0.4, -0.2) is 28.0 Å². The Balaban J connectivity index is 2.13. The van der Waals surface area contributed by atoms with Gasteiger partial charge in [-0.05, 0) is 17.2 Å². The lowest BCUT2D eigenvalue weighted by atomic mass is 10.0. The van der Waals surface area contributed by atoms with Crippen LogP contribution < -0.4 is 11.1 Å². The lowest BCUT2D eigenvalue weighted by molar-refractivity contribution is -0.139. The van der Waals surface area contributed by atoms with E-state index in [2.05, 4.69) is 10.3 Å². The highest BCUT2D eigenvalue weighted by molar-refractivity contribution is 5.81. The summed E-state index contributed by atoms with van der Waals surface area (Å²) in [6.07, 6.45) is 3.22. The number of nitrogens with zero attached hydrogens (tertiary/aromatic N) is 1. The Hall–Kier alpha value is -2.73. The first kappa shape index (κ1) is 15.7. The van der Waals surface area contributed by atoms with Gasteiger partial charge in [0.1, 0.15) is 6.04 Å². The monoisotopic (exact) mass is 299 g/mol. The van der Waals surface area contributed by atoms with Crippen molar-refractivity contribution in [1.82, 2.24) is 10.3 Å². The summed E-state index contributed by atoms with van der Waals surface area (Å²) >= 11 is 0. The van der Waals surface area contributed by atoms with E-state index in [9.17, 15) is 9.59 Å². The smallest absolute Gasteiger partial charge is 0.322 e. The molecule has 0 saturated carbocycles. The molecule has 0 saturated heterocycles. The number of aromatic nitrogens is 1. The highest BCUT2D eigenvalue weighted by Gasteiger charge is 2.27. The average Bonchev–Trinajstić information content (AvgIpc) is 2.53. The van der Waals surface area contributed by atoms with E-state index < -0.39 is 18.1 Å². The van der Waals surface area contributed by atoms with Crippen LogP contribution in [0.25, 0.3) is 0 Å². The van der Waals surface area contributed by atoms with E-state index in [0.29, 0.717) is 5.56 Å². The predicted octanol–water partition coefficient (Wildman–Crippen LogP) is 0.894. The van der Waals surface area contributed by atoms with E-state index in [4.69, 9.17) is 10.8 Å². The number of carboxylic acid groups (broad SMARTS) is 1. The highest BCUT2D eigenvalue weighted by Crippen LogP contribution is 2.15. The summed E-state index contributed by atoms with van der Waals surface area (Å²) < 4.78 is 0. The van der Waals surface area contributed by atoms with Crippen LogP contribution in [0.15, 0.2) is 54.9 Å². The minimum absolute atomic E-state index is 0.157. The van der Waals surface area contributed by atoms with Gasteiger partial charge < -0.3 is 16.2 Å². The van der Waals surface area contributed by atoms with Crippen molar-refractivity contribution in [3.05, 3.63) is 66.0 Å². The third-order valence-corrected chi connectivity index (χ3v) is 3.21. The van der Waals surface area contributed by atoms with E-state index in [1.165, 1.54) is 6.20 Å². The van der Waals surface area contributed by atoms with Crippen LogP contribution in [-0.2, 0) is 16.0 Å². The van der Waals surface area contributed by atoms with E-state index in [1.807, 2.05) is 30.3 Å². The molecule has 1 unspecified atom stereocenters. The number of carboxylic acids is 1. The molecule has 6 nitrogen and oxygen atoms in total. The molecule has 1 amide bonds. The second-order valence-corrected chi connectivity index (χ2v) is 4.86. The van der Waals surface area contributed by atoms with Crippen molar-refractivity contribution in [2.75, 3.05) is 0 Å².